The van der Waals surface area contributed by atoms with Crippen LogP contribution in [0.5, 0.6) is 0 Å². The zero-order chi connectivity index (χ0) is 12.0. The Morgan fingerprint density at radius 3 is 2.81 bits per heavy atom. The number of hydrogen-bond acceptors (Lipinski definition) is 4. The lowest BCUT2D eigenvalue weighted by Crippen LogP contribution is -2.33. The van der Waals surface area contributed by atoms with Gasteiger partial charge >= 0.3 is 0 Å². The fourth-order valence-corrected chi connectivity index (χ4v) is 1.52. The molecule has 0 spiro atoms. The van der Waals surface area contributed by atoms with E-state index >= 15 is 0 Å². The van der Waals surface area contributed by atoms with E-state index in [4.69, 9.17) is 4.52 Å². The lowest BCUT2D eigenvalue weighted by Gasteiger charge is -2.19. The summed E-state index contributed by atoms with van der Waals surface area (Å²) in [7, 11) is 0. The second-order valence-corrected chi connectivity index (χ2v) is 4.23. The average molecular weight is 223 g/mol. The van der Waals surface area contributed by atoms with Crippen molar-refractivity contribution in [1.82, 2.24) is 15.5 Å². The summed E-state index contributed by atoms with van der Waals surface area (Å²) >= 11 is 0. The van der Waals surface area contributed by atoms with Crippen molar-refractivity contribution < 1.29 is 4.52 Å². The van der Waals surface area contributed by atoms with Crippen LogP contribution in [-0.2, 0) is 6.42 Å². The molecule has 2 atom stereocenters. The molecule has 0 saturated heterocycles. The molecule has 0 aliphatic carbocycles. The van der Waals surface area contributed by atoms with Gasteiger partial charge in [-0.1, -0.05) is 18.2 Å². The largest absolute Gasteiger partial charge is 0.339 e. The first-order valence-corrected chi connectivity index (χ1v) is 5.77. The van der Waals surface area contributed by atoms with Crippen LogP contribution in [-0.4, -0.2) is 22.7 Å². The predicted octanol–water partition coefficient (Wildman–Crippen LogP) is 2.11. The number of allylic oxidation sites excluding steroid dienone is 1. The molecule has 0 radical (unpaired) electrons. The lowest BCUT2D eigenvalue weighted by molar-refractivity contribution is 0.358. The van der Waals surface area contributed by atoms with E-state index in [0.29, 0.717) is 23.7 Å². The second-order valence-electron chi connectivity index (χ2n) is 4.23. The maximum atomic E-state index is 5.04. The summed E-state index contributed by atoms with van der Waals surface area (Å²) in [5.41, 5.74) is 0. The minimum atomic E-state index is 0.474. The summed E-state index contributed by atoms with van der Waals surface area (Å²) in [5.74, 6) is 2.00. The minimum Gasteiger partial charge on any atom is -0.339 e. The molecule has 2 unspecified atom stereocenters. The van der Waals surface area contributed by atoms with E-state index in [-0.39, 0.29) is 0 Å². The van der Waals surface area contributed by atoms with E-state index in [1.807, 2.05) is 13.0 Å². The molecule has 0 saturated carbocycles. The van der Waals surface area contributed by atoms with E-state index in [9.17, 15) is 0 Å². The molecular weight excluding hydrogens is 202 g/mol. The average Bonchev–Trinajstić information content (AvgIpc) is 2.64. The zero-order valence-electron chi connectivity index (χ0n) is 10.4. The zero-order valence-corrected chi connectivity index (χ0v) is 10.4. The summed E-state index contributed by atoms with van der Waals surface area (Å²) in [6.45, 7) is 10.9. The third-order valence-corrected chi connectivity index (χ3v) is 2.77. The molecule has 1 aromatic heterocycles. The lowest BCUT2D eigenvalue weighted by atomic mass is 10.00. The number of rotatable bonds is 7. The maximum Gasteiger partial charge on any atom is 0.227 e. The normalized spacial score (nSPS) is 14.7. The Bertz CT molecular complexity index is 322. The summed E-state index contributed by atoms with van der Waals surface area (Å²) in [5, 5.41) is 7.20. The number of aryl methyl sites for hydroxylation is 1. The molecule has 1 N–H and O–H groups in total. The Morgan fingerprint density at radius 1 is 1.50 bits per heavy atom. The van der Waals surface area contributed by atoms with Crippen molar-refractivity contribution in [3.05, 3.63) is 24.4 Å². The van der Waals surface area contributed by atoms with Crippen LogP contribution in [0.2, 0.25) is 0 Å². The molecule has 0 aromatic carbocycles. The van der Waals surface area contributed by atoms with Gasteiger partial charge in [-0.2, -0.15) is 4.98 Å². The SMILES string of the molecule is C=CCC(C)C(C)NCCc1nc(C)no1. The Balaban J connectivity index is 2.22. The Labute approximate surface area is 97.1 Å². The van der Waals surface area contributed by atoms with E-state index < -0.39 is 0 Å². The van der Waals surface area contributed by atoms with Crippen molar-refractivity contribution in [3.8, 4) is 0 Å². The molecule has 0 amide bonds. The molecule has 1 aromatic rings. The minimum absolute atomic E-state index is 0.474. The molecule has 90 valence electrons. The van der Waals surface area contributed by atoms with Crippen LogP contribution < -0.4 is 5.32 Å². The second kappa shape index (κ2) is 6.43. The third kappa shape index (κ3) is 4.14. The van der Waals surface area contributed by atoms with E-state index in [1.165, 1.54) is 0 Å². The molecule has 0 fully saturated rings. The standard InChI is InChI=1S/C12H21N3O/c1-5-6-9(2)10(3)13-8-7-12-14-11(4)15-16-12/h5,9-10,13H,1,6-8H2,2-4H3. The molecule has 1 rings (SSSR count). The van der Waals surface area contributed by atoms with Crippen LogP contribution in [0.4, 0.5) is 0 Å². The quantitative estimate of drug-likeness (QED) is 0.719. The highest BCUT2D eigenvalue weighted by molar-refractivity contribution is 4.84. The van der Waals surface area contributed by atoms with Gasteiger partial charge in [-0.15, -0.1) is 6.58 Å². The molecular formula is C12H21N3O. The number of aromatic nitrogens is 2. The molecule has 0 aliphatic heterocycles. The Kier molecular flexibility index (Phi) is 5.19. The van der Waals surface area contributed by atoms with Crippen molar-refractivity contribution in [2.24, 2.45) is 5.92 Å². The first-order valence-electron chi connectivity index (χ1n) is 5.77. The first-order chi connectivity index (χ1) is 7.63. The van der Waals surface area contributed by atoms with Crippen molar-refractivity contribution in [1.29, 1.82) is 0 Å². The van der Waals surface area contributed by atoms with Crippen molar-refractivity contribution in [2.75, 3.05) is 6.54 Å². The van der Waals surface area contributed by atoms with Gasteiger partial charge in [0.05, 0.1) is 0 Å². The van der Waals surface area contributed by atoms with Crippen molar-refractivity contribution >= 4 is 0 Å². The molecule has 1 heterocycles. The fourth-order valence-electron chi connectivity index (χ4n) is 1.52. The van der Waals surface area contributed by atoms with Gasteiger partial charge in [0.25, 0.3) is 0 Å². The highest BCUT2D eigenvalue weighted by Gasteiger charge is 2.10. The third-order valence-electron chi connectivity index (χ3n) is 2.77. The first kappa shape index (κ1) is 12.9. The van der Waals surface area contributed by atoms with Crippen LogP contribution in [0, 0.1) is 12.8 Å². The molecule has 4 nitrogen and oxygen atoms in total. The Morgan fingerprint density at radius 2 is 2.25 bits per heavy atom. The Hall–Kier alpha value is -1.16. The summed E-state index contributed by atoms with van der Waals surface area (Å²) < 4.78 is 5.04. The van der Waals surface area contributed by atoms with Gasteiger partial charge in [0.1, 0.15) is 0 Å². The van der Waals surface area contributed by atoms with Gasteiger partial charge in [0.15, 0.2) is 5.82 Å². The predicted molar refractivity (Wildman–Crippen MR) is 64.2 cm³/mol. The highest BCUT2D eigenvalue weighted by Crippen LogP contribution is 2.07. The van der Waals surface area contributed by atoms with Crippen molar-refractivity contribution in [2.45, 2.75) is 39.7 Å². The fraction of sp³-hybridized carbons (Fsp3) is 0.667. The molecule has 0 bridgehead atoms. The summed E-state index contributed by atoms with van der Waals surface area (Å²) in [6.07, 6.45) is 3.78. The van der Waals surface area contributed by atoms with Crippen LogP contribution in [0.25, 0.3) is 0 Å². The summed E-state index contributed by atoms with van der Waals surface area (Å²) in [4.78, 5) is 4.15. The van der Waals surface area contributed by atoms with Crippen molar-refractivity contribution in [3.63, 3.8) is 0 Å². The topological polar surface area (TPSA) is 51.0 Å². The van der Waals surface area contributed by atoms with Crippen LogP contribution in [0.3, 0.4) is 0 Å². The molecule has 16 heavy (non-hydrogen) atoms. The van der Waals surface area contributed by atoms with Crippen LogP contribution in [0.15, 0.2) is 17.2 Å². The highest BCUT2D eigenvalue weighted by atomic mass is 16.5. The van der Waals surface area contributed by atoms with Gasteiger partial charge in [-0.25, -0.2) is 0 Å². The smallest absolute Gasteiger partial charge is 0.227 e. The number of hydrogen-bond donors (Lipinski definition) is 1. The van der Waals surface area contributed by atoms with Crippen LogP contribution in [0.1, 0.15) is 32.0 Å². The summed E-state index contributed by atoms with van der Waals surface area (Å²) in [6, 6.07) is 0.474. The maximum absolute atomic E-state index is 5.04. The molecule has 4 heteroatoms. The van der Waals surface area contributed by atoms with Gasteiger partial charge in [0, 0.05) is 19.0 Å². The van der Waals surface area contributed by atoms with Gasteiger partial charge in [0.2, 0.25) is 5.89 Å². The van der Waals surface area contributed by atoms with Gasteiger partial charge in [-0.3, -0.25) is 0 Å². The van der Waals surface area contributed by atoms with E-state index in [0.717, 1.165) is 19.4 Å². The monoisotopic (exact) mass is 223 g/mol. The van der Waals surface area contributed by atoms with Gasteiger partial charge in [-0.05, 0) is 26.2 Å². The number of nitrogens with zero attached hydrogens (tertiary/aromatic N) is 2. The van der Waals surface area contributed by atoms with E-state index in [1.54, 1.807) is 0 Å². The number of nitrogens with one attached hydrogen (secondary N) is 1. The molecule has 0 aliphatic rings. The van der Waals surface area contributed by atoms with E-state index in [2.05, 4.69) is 35.9 Å². The van der Waals surface area contributed by atoms with Crippen LogP contribution >= 0.6 is 0 Å². The van der Waals surface area contributed by atoms with Gasteiger partial charge < -0.3 is 9.84 Å².